The minimum atomic E-state index is 0.471. The fraction of sp³-hybridized carbons (Fsp3) is 0.267. The van der Waals surface area contributed by atoms with E-state index >= 15 is 0 Å². The quantitative estimate of drug-likeness (QED) is 0.846. The van der Waals surface area contributed by atoms with E-state index < -0.39 is 0 Å². The van der Waals surface area contributed by atoms with E-state index in [0.717, 1.165) is 25.3 Å². The molecule has 0 aliphatic carbocycles. The van der Waals surface area contributed by atoms with Gasteiger partial charge in [0.1, 0.15) is 5.15 Å². The molecule has 0 radical (unpaired) electrons. The third-order valence-corrected chi connectivity index (χ3v) is 3.09. The highest BCUT2D eigenvalue weighted by atomic mass is 35.5. The number of halogens is 1. The average molecular weight is 276 g/mol. The third-order valence-electron chi connectivity index (χ3n) is 2.88. The molecule has 0 fully saturated rings. The number of aromatic nitrogens is 1. The van der Waals surface area contributed by atoms with E-state index in [1.165, 1.54) is 5.56 Å². The molecule has 1 heterocycles. The first-order chi connectivity index (χ1) is 9.20. The van der Waals surface area contributed by atoms with Gasteiger partial charge in [-0.2, -0.15) is 0 Å². The van der Waals surface area contributed by atoms with E-state index in [1.54, 1.807) is 12.1 Å². The number of anilines is 2. The van der Waals surface area contributed by atoms with Gasteiger partial charge < -0.3 is 10.6 Å². The van der Waals surface area contributed by atoms with Gasteiger partial charge >= 0.3 is 0 Å². The van der Waals surface area contributed by atoms with Crippen LogP contribution in [0, 0.1) is 0 Å². The minimum Gasteiger partial charge on any atom is -0.396 e. The molecule has 0 bridgehead atoms. The fourth-order valence-electron chi connectivity index (χ4n) is 2.02. The number of nitrogen functional groups attached to an aromatic ring is 1. The predicted molar refractivity (Wildman–Crippen MR) is 81.4 cm³/mol. The van der Waals surface area contributed by atoms with E-state index in [9.17, 15) is 0 Å². The highest BCUT2D eigenvalue weighted by molar-refractivity contribution is 6.29. The van der Waals surface area contributed by atoms with E-state index in [1.807, 2.05) is 18.2 Å². The van der Waals surface area contributed by atoms with Crippen molar-refractivity contribution < 1.29 is 0 Å². The molecule has 0 amide bonds. The normalized spacial score (nSPS) is 10.4. The molecule has 19 heavy (non-hydrogen) atoms. The van der Waals surface area contributed by atoms with Crippen LogP contribution in [0.2, 0.25) is 5.15 Å². The van der Waals surface area contributed by atoms with Crippen LogP contribution in [0.15, 0.2) is 42.5 Å². The van der Waals surface area contributed by atoms with Crippen molar-refractivity contribution in [2.75, 3.05) is 17.2 Å². The zero-order valence-electron chi connectivity index (χ0n) is 11.0. The molecule has 1 aromatic carbocycles. The maximum Gasteiger partial charge on any atom is 0.153 e. The van der Waals surface area contributed by atoms with Gasteiger partial charge in [-0.15, -0.1) is 0 Å². The Kier molecular flexibility index (Phi) is 4.63. The Morgan fingerprint density at radius 2 is 1.89 bits per heavy atom. The van der Waals surface area contributed by atoms with Crippen molar-refractivity contribution in [3.8, 4) is 0 Å². The molecule has 2 N–H and O–H groups in total. The first-order valence-electron chi connectivity index (χ1n) is 6.41. The number of benzene rings is 1. The van der Waals surface area contributed by atoms with Gasteiger partial charge in [0.15, 0.2) is 5.82 Å². The van der Waals surface area contributed by atoms with Gasteiger partial charge in [0.05, 0.1) is 5.69 Å². The summed E-state index contributed by atoms with van der Waals surface area (Å²) in [7, 11) is 0. The second-order valence-corrected chi connectivity index (χ2v) is 4.84. The minimum absolute atomic E-state index is 0.471. The van der Waals surface area contributed by atoms with Crippen LogP contribution in [0.3, 0.4) is 0 Å². The molecule has 100 valence electrons. The Morgan fingerprint density at radius 3 is 2.58 bits per heavy atom. The molecule has 0 unspecified atom stereocenters. The standard InChI is InChI=1S/C15H18ClN3/c1-2-10-19(11-12-6-4-3-5-7-12)15-13(17)8-9-14(16)18-15/h3-9H,2,10-11,17H2,1H3. The highest BCUT2D eigenvalue weighted by Gasteiger charge is 2.12. The zero-order valence-corrected chi connectivity index (χ0v) is 11.8. The van der Waals surface area contributed by atoms with Gasteiger partial charge in [-0.05, 0) is 24.1 Å². The van der Waals surface area contributed by atoms with Crippen molar-refractivity contribution in [3.63, 3.8) is 0 Å². The molecular weight excluding hydrogens is 258 g/mol. The zero-order chi connectivity index (χ0) is 13.7. The Bertz CT molecular complexity index is 528. The molecule has 1 aromatic heterocycles. The van der Waals surface area contributed by atoms with Crippen molar-refractivity contribution >= 4 is 23.1 Å². The third kappa shape index (κ3) is 3.61. The smallest absolute Gasteiger partial charge is 0.153 e. The Morgan fingerprint density at radius 1 is 1.16 bits per heavy atom. The van der Waals surface area contributed by atoms with Crippen LogP contribution >= 0.6 is 11.6 Å². The first-order valence-corrected chi connectivity index (χ1v) is 6.79. The van der Waals surface area contributed by atoms with E-state index in [0.29, 0.717) is 10.8 Å². The molecule has 2 rings (SSSR count). The van der Waals surface area contributed by atoms with Gasteiger partial charge in [-0.3, -0.25) is 0 Å². The number of nitrogens with two attached hydrogens (primary N) is 1. The van der Waals surface area contributed by atoms with Crippen LogP contribution in [0.25, 0.3) is 0 Å². The summed E-state index contributed by atoms with van der Waals surface area (Å²) in [5.41, 5.74) is 7.91. The fourth-order valence-corrected chi connectivity index (χ4v) is 2.17. The van der Waals surface area contributed by atoms with Crippen LogP contribution in [-0.4, -0.2) is 11.5 Å². The summed E-state index contributed by atoms with van der Waals surface area (Å²) >= 11 is 5.97. The lowest BCUT2D eigenvalue weighted by Crippen LogP contribution is -2.25. The topological polar surface area (TPSA) is 42.2 Å². The number of hydrogen-bond donors (Lipinski definition) is 1. The van der Waals surface area contributed by atoms with Gasteiger partial charge in [0.2, 0.25) is 0 Å². The lowest BCUT2D eigenvalue weighted by atomic mass is 10.2. The van der Waals surface area contributed by atoms with Crippen molar-refractivity contribution in [3.05, 3.63) is 53.2 Å². The average Bonchev–Trinajstić information content (AvgIpc) is 2.42. The summed E-state index contributed by atoms with van der Waals surface area (Å²) in [6.07, 6.45) is 1.03. The molecule has 0 saturated heterocycles. The molecular formula is C15H18ClN3. The van der Waals surface area contributed by atoms with Crippen LogP contribution in [0.4, 0.5) is 11.5 Å². The van der Waals surface area contributed by atoms with Crippen molar-refractivity contribution in [2.45, 2.75) is 19.9 Å². The molecule has 4 heteroatoms. The molecule has 0 aliphatic heterocycles. The van der Waals surface area contributed by atoms with Crippen molar-refractivity contribution in [2.24, 2.45) is 0 Å². The summed E-state index contributed by atoms with van der Waals surface area (Å²) in [5.74, 6) is 0.762. The maximum atomic E-state index is 6.01. The highest BCUT2D eigenvalue weighted by Crippen LogP contribution is 2.24. The lowest BCUT2D eigenvalue weighted by Gasteiger charge is -2.24. The number of pyridine rings is 1. The van der Waals surface area contributed by atoms with Gasteiger partial charge in [-0.1, -0.05) is 48.9 Å². The summed E-state index contributed by atoms with van der Waals surface area (Å²) in [5, 5.41) is 0.471. The number of nitrogens with zero attached hydrogens (tertiary/aromatic N) is 2. The van der Waals surface area contributed by atoms with E-state index in [-0.39, 0.29) is 0 Å². The maximum absolute atomic E-state index is 6.01. The van der Waals surface area contributed by atoms with Crippen LogP contribution in [-0.2, 0) is 6.54 Å². The second kappa shape index (κ2) is 6.43. The Balaban J connectivity index is 2.27. The second-order valence-electron chi connectivity index (χ2n) is 4.45. The predicted octanol–water partition coefficient (Wildman–Crippen LogP) is 3.73. The van der Waals surface area contributed by atoms with Crippen molar-refractivity contribution in [1.29, 1.82) is 0 Å². The molecule has 0 saturated carbocycles. The molecule has 3 nitrogen and oxygen atoms in total. The van der Waals surface area contributed by atoms with Crippen LogP contribution in [0.1, 0.15) is 18.9 Å². The van der Waals surface area contributed by atoms with Gasteiger partial charge in [-0.25, -0.2) is 4.98 Å². The molecule has 2 aromatic rings. The molecule has 0 spiro atoms. The first kappa shape index (κ1) is 13.7. The lowest BCUT2D eigenvalue weighted by molar-refractivity contribution is 0.756. The monoisotopic (exact) mass is 275 g/mol. The van der Waals surface area contributed by atoms with Crippen LogP contribution in [0.5, 0.6) is 0 Å². The van der Waals surface area contributed by atoms with E-state index in [2.05, 4.69) is 28.9 Å². The Hall–Kier alpha value is -1.74. The van der Waals surface area contributed by atoms with Crippen molar-refractivity contribution in [1.82, 2.24) is 4.98 Å². The van der Waals surface area contributed by atoms with Gasteiger partial charge in [0, 0.05) is 13.1 Å². The molecule has 0 atom stereocenters. The molecule has 0 aliphatic rings. The summed E-state index contributed by atoms with van der Waals surface area (Å²) in [6, 6.07) is 13.8. The SMILES string of the molecule is CCCN(Cc1ccccc1)c1nc(Cl)ccc1N. The van der Waals surface area contributed by atoms with E-state index in [4.69, 9.17) is 17.3 Å². The van der Waals surface area contributed by atoms with Gasteiger partial charge in [0.25, 0.3) is 0 Å². The summed E-state index contributed by atoms with van der Waals surface area (Å²) < 4.78 is 0. The summed E-state index contributed by atoms with van der Waals surface area (Å²) in [4.78, 5) is 6.52. The summed E-state index contributed by atoms with van der Waals surface area (Å²) in [6.45, 7) is 3.82. The number of rotatable bonds is 5. The largest absolute Gasteiger partial charge is 0.396 e. The number of hydrogen-bond acceptors (Lipinski definition) is 3. The Labute approximate surface area is 119 Å². The van der Waals surface area contributed by atoms with Crippen LogP contribution < -0.4 is 10.6 Å².